The summed E-state index contributed by atoms with van der Waals surface area (Å²) in [6.07, 6.45) is 0.143. The largest absolute Gasteiger partial charge is 0.368 e. The van der Waals surface area contributed by atoms with Gasteiger partial charge in [0.05, 0.1) is 12.1 Å². The zero-order valence-electron chi connectivity index (χ0n) is 11.0. The van der Waals surface area contributed by atoms with Crippen LogP contribution in [-0.4, -0.2) is 53.7 Å². The van der Waals surface area contributed by atoms with Gasteiger partial charge in [-0.05, 0) is 27.2 Å². The lowest BCUT2D eigenvalue weighted by atomic mass is 10.1. The molecular formula is C12H20N2O4. The molecule has 6 nitrogen and oxygen atoms in total. The van der Waals surface area contributed by atoms with Gasteiger partial charge in [0.1, 0.15) is 12.6 Å². The highest BCUT2D eigenvalue weighted by Crippen LogP contribution is 2.22. The highest BCUT2D eigenvalue weighted by atomic mass is 16.5. The van der Waals surface area contributed by atoms with Crippen molar-refractivity contribution >= 4 is 17.5 Å². The van der Waals surface area contributed by atoms with Gasteiger partial charge in [-0.3, -0.25) is 14.4 Å². The van der Waals surface area contributed by atoms with Crippen LogP contribution in [0.15, 0.2) is 0 Å². The number of Topliss-reactive ketones (excluding diaryl/α,β-unsaturated/α-hetero) is 2. The Hall–Kier alpha value is -1.27. The number of hydrogen-bond donors (Lipinski definition) is 1. The van der Waals surface area contributed by atoms with Gasteiger partial charge in [0.15, 0.2) is 11.6 Å². The van der Waals surface area contributed by atoms with Gasteiger partial charge in [-0.25, -0.2) is 0 Å². The van der Waals surface area contributed by atoms with Crippen LogP contribution >= 0.6 is 0 Å². The summed E-state index contributed by atoms with van der Waals surface area (Å²) in [6, 6.07) is -1.26. The number of nitrogens with two attached hydrogens (primary N) is 1. The van der Waals surface area contributed by atoms with Crippen LogP contribution in [0.25, 0.3) is 0 Å². The van der Waals surface area contributed by atoms with Crippen molar-refractivity contribution in [3.63, 3.8) is 0 Å². The lowest BCUT2D eigenvalue weighted by Gasteiger charge is -2.27. The van der Waals surface area contributed by atoms with Crippen molar-refractivity contribution in [3.05, 3.63) is 0 Å². The SMILES string of the molecule is CC(=O)CO[C@H]1CCN(C(=O)[C@H](C)N)[C@@H]1C(C)=O. The van der Waals surface area contributed by atoms with Crippen LogP contribution in [0, 0.1) is 0 Å². The Balaban J connectivity index is 2.75. The van der Waals surface area contributed by atoms with E-state index in [2.05, 4.69) is 0 Å². The van der Waals surface area contributed by atoms with E-state index < -0.39 is 18.2 Å². The maximum atomic E-state index is 11.9. The van der Waals surface area contributed by atoms with Crippen molar-refractivity contribution in [1.29, 1.82) is 0 Å². The van der Waals surface area contributed by atoms with Gasteiger partial charge >= 0.3 is 0 Å². The molecule has 3 atom stereocenters. The van der Waals surface area contributed by atoms with E-state index in [4.69, 9.17) is 10.5 Å². The summed E-state index contributed by atoms with van der Waals surface area (Å²) in [5, 5.41) is 0. The summed E-state index contributed by atoms with van der Waals surface area (Å²) >= 11 is 0. The van der Waals surface area contributed by atoms with Crippen molar-refractivity contribution < 1.29 is 19.1 Å². The average Bonchev–Trinajstić information content (AvgIpc) is 2.68. The number of rotatable bonds is 5. The van der Waals surface area contributed by atoms with Crippen molar-refractivity contribution in [2.75, 3.05) is 13.2 Å². The van der Waals surface area contributed by atoms with E-state index in [0.29, 0.717) is 13.0 Å². The Morgan fingerprint density at radius 2 is 2.00 bits per heavy atom. The maximum absolute atomic E-state index is 11.9. The number of likely N-dealkylation sites (tertiary alicyclic amines) is 1. The first-order valence-corrected chi connectivity index (χ1v) is 6.02. The molecule has 2 N–H and O–H groups in total. The first kappa shape index (κ1) is 14.8. The highest BCUT2D eigenvalue weighted by Gasteiger charge is 2.41. The third kappa shape index (κ3) is 3.36. The number of carbonyl (C=O) groups excluding carboxylic acids is 3. The molecule has 18 heavy (non-hydrogen) atoms. The molecule has 0 aromatic carbocycles. The number of ether oxygens (including phenoxy) is 1. The minimum absolute atomic E-state index is 0.0331. The summed E-state index contributed by atoms with van der Waals surface area (Å²) < 4.78 is 5.39. The molecule has 0 spiro atoms. The molecule has 6 heteroatoms. The van der Waals surface area contributed by atoms with Gasteiger partial charge in [-0.15, -0.1) is 0 Å². The van der Waals surface area contributed by atoms with Crippen molar-refractivity contribution in [3.8, 4) is 0 Å². The number of amides is 1. The maximum Gasteiger partial charge on any atom is 0.239 e. The summed E-state index contributed by atoms with van der Waals surface area (Å²) in [7, 11) is 0. The highest BCUT2D eigenvalue weighted by molar-refractivity contribution is 5.90. The molecule has 1 rings (SSSR count). The molecule has 0 radical (unpaired) electrons. The zero-order valence-corrected chi connectivity index (χ0v) is 11.0. The minimum Gasteiger partial charge on any atom is -0.368 e. The molecule has 0 bridgehead atoms. The topological polar surface area (TPSA) is 89.7 Å². The van der Waals surface area contributed by atoms with E-state index in [1.807, 2.05) is 0 Å². The van der Waals surface area contributed by atoms with Crippen molar-refractivity contribution in [2.45, 2.75) is 45.4 Å². The Labute approximate surface area is 106 Å². The molecule has 0 saturated carbocycles. The first-order valence-electron chi connectivity index (χ1n) is 6.02. The molecule has 102 valence electrons. The number of ketones is 2. The number of hydrogen-bond acceptors (Lipinski definition) is 5. The lowest BCUT2D eigenvalue weighted by molar-refractivity contribution is -0.141. The second-order valence-electron chi connectivity index (χ2n) is 4.72. The lowest BCUT2D eigenvalue weighted by Crippen LogP contribution is -2.50. The molecule has 1 saturated heterocycles. The second-order valence-corrected chi connectivity index (χ2v) is 4.72. The molecule has 0 unspecified atom stereocenters. The van der Waals surface area contributed by atoms with Gasteiger partial charge in [-0.2, -0.15) is 0 Å². The molecule has 1 amide bonds. The van der Waals surface area contributed by atoms with Gasteiger partial charge in [0, 0.05) is 6.54 Å². The third-order valence-corrected chi connectivity index (χ3v) is 2.93. The summed E-state index contributed by atoms with van der Waals surface area (Å²) in [6.45, 7) is 4.83. The molecule has 0 aromatic heterocycles. The molecule has 0 aromatic rings. The van der Waals surface area contributed by atoms with Crippen LogP contribution in [0.4, 0.5) is 0 Å². The van der Waals surface area contributed by atoms with Crippen LogP contribution in [0.3, 0.4) is 0 Å². The molecule has 1 aliphatic rings. The Bertz CT molecular complexity index is 354. The predicted octanol–water partition coefficient (Wildman–Crippen LogP) is -0.502. The zero-order chi connectivity index (χ0) is 13.9. The molecule has 1 aliphatic heterocycles. The number of carbonyl (C=O) groups is 3. The minimum atomic E-state index is -0.640. The predicted molar refractivity (Wildman–Crippen MR) is 64.9 cm³/mol. The van der Waals surface area contributed by atoms with Crippen LogP contribution in [-0.2, 0) is 19.1 Å². The van der Waals surface area contributed by atoms with E-state index >= 15 is 0 Å². The summed E-state index contributed by atoms with van der Waals surface area (Å²) in [5.41, 5.74) is 5.55. The monoisotopic (exact) mass is 256 g/mol. The van der Waals surface area contributed by atoms with Crippen LogP contribution in [0.2, 0.25) is 0 Å². The molecule has 0 aliphatic carbocycles. The van der Waals surface area contributed by atoms with Crippen LogP contribution in [0.1, 0.15) is 27.2 Å². The van der Waals surface area contributed by atoms with Gasteiger partial charge in [0.25, 0.3) is 0 Å². The Morgan fingerprint density at radius 3 is 2.44 bits per heavy atom. The fourth-order valence-corrected chi connectivity index (χ4v) is 2.15. The fraction of sp³-hybridized carbons (Fsp3) is 0.750. The summed E-state index contributed by atoms with van der Waals surface area (Å²) in [4.78, 5) is 35.9. The van der Waals surface area contributed by atoms with Gasteiger partial charge in [-0.1, -0.05) is 0 Å². The molecule has 1 heterocycles. The van der Waals surface area contributed by atoms with Crippen molar-refractivity contribution in [2.24, 2.45) is 5.73 Å². The standard InChI is InChI=1S/C12H20N2O4/c1-7(15)6-18-10-4-5-14(11(10)9(3)16)12(17)8(2)13/h8,10-11H,4-6,13H2,1-3H3/t8-,10-,11+/m0/s1. The van der Waals surface area contributed by atoms with Crippen LogP contribution < -0.4 is 5.73 Å². The first-order chi connectivity index (χ1) is 8.34. The van der Waals surface area contributed by atoms with E-state index in [0.717, 1.165) is 0 Å². The molecule has 1 fully saturated rings. The van der Waals surface area contributed by atoms with E-state index in [1.165, 1.54) is 18.7 Å². The molecular weight excluding hydrogens is 236 g/mol. The van der Waals surface area contributed by atoms with Gasteiger partial charge in [0.2, 0.25) is 5.91 Å². The normalized spacial score (nSPS) is 25.0. The van der Waals surface area contributed by atoms with E-state index in [9.17, 15) is 14.4 Å². The quantitative estimate of drug-likeness (QED) is 0.716. The Morgan fingerprint density at radius 1 is 1.39 bits per heavy atom. The fourth-order valence-electron chi connectivity index (χ4n) is 2.15. The number of nitrogens with zero attached hydrogens (tertiary/aromatic N) is 1. The van der Waals surface area contributed by atoms with Crippen LogP contribution in [0.5, 0.6) is 0 Å². The smallest absolute Gasteiger partial charge is 0.239 e. The second kappa shape index (κ2) is 6.06. The van der Waals surface area contributed by atoms with E-state index in [-0.39, 0.29) is 24.1 Å². The Kier molecular flexibility index (Phi) is 4.98. The van der Waals surface area contributed by atoms with E-state index in [1.54, 1.807) is 6.92 Å². The van der Waals surface area contributed by atoms with Crippen molar-refractivity contribution in [1.82, 2.24) is 4.90 Å². The summed E-state index contributed by atoms with van der Waals surface area (Å²) in [5.74, 6) is -0.506. The average molecular weight is 256 g/mol. The third-order valence-electron chi connectivity index (χ3n) is 2.93. The van der Waals surface area contributed by atoms with Gasteiger partial charge < -0.3 is 15.4 Å².